The van der Waals surface area contributed by atoms with E-state index in [0.717, 1.165) is 31.8 Å². The first-order chi connectivity index (χ1) is 20.3. The number of anilines is 1. The summed E-state index contributed by atoms with van der Waals surface area (Å²) in [5.41, 5.74) is 1.32. The molecule has 42 heavy (non-hydrogen) atoms. The molecule has 1 saturated heterocycles. The third-order valence-electron chi connectivity index (χ3n) is 7.89. The van der Waals surface area contributed by atoms with Crippen molar-refractivity contribution in [3.8, 4) is 22.9 Å². The second-order valence-electron chi connectivity index (χ2n) is 10.8. The van der Waals surface area contributed by atoms with E-state index in [1.807, 2.05) is 13.8 Å². The van der Waals surface area contributed by atoms with Gasteiger partial charge >= 0.3 is 5.69 Å². The van der Waals surface area contributed by atoms with Gasteiger partial charge in [-0.1, -0.05) is 38.9 Å². The lowest BCUT2D eigenvalue weighted by atomic mass is 9.95. The molecule has 5 rings (SSSR count). The van der Waals surface area contributed by atoms with E-state index in [4.69, 9.17) is 4.52 Å². The van der Waals surface area contributed by atoms with Crippen LogP contribution in [0.25, 0.3) is 16.8 Å². The van der Waals surface area contributed by atoms with E-state index >= 15 is 4.39 Å². The number of hydrogen-bond acceptors (Lipinski definition) is 9. The van der Waals surface area contributed by atoms with Crippen molar-refractivity contribution in [1.29, 1.82) is 5.26 Å². The lowest BCUT2D eigenvalue weighted by Gasteiger charge is -2.32. The van der Waals surface area contributed by atoms with Crippen LogP contribution in [0.4, 0.5) is 10.2 Å². The summed E-state index contributed by atoms with van der Waals surface area (Å²) in [5.74, 6) is 1.81. The molecule has 0 unspecified atom stereocenters. The number of nitrogens with zero attached hydrogens (tertiary/aromatic N) is 9. The molecule has 220 valence electrons. The van der Waals surface area contributed by atoms with Gasteiger partial charge in [0.2, 0.25) is 5.89 Å². The van der Waals surface area contributed by atoms with Gasteiger partial charge in [0.05, 0.1) is 17.8 Å². The van der Waals surface area contributed by atoms with E-state index in [0.29, 0.717) is 54.6 Å². The van der Waals surface area contributed by atoms with Gasteiger partial charge in [-0.25, -0.2) is 23.4 Å². The monoisotopic (exact) mass is 573 g/mol. The highest BCUT2D eigenvalue weighted by Gasteiger charge is 2.27. The van der Waals surface area contributed by atoms with Crippen LogP contribution in [-0.2, 0) is 6.54 Å². The Labute approximate surface area is 244 Å². The highest BCUT2D eigenvalue weighted by Crippen LogP contribution is 2.32. The molecule has 1 aromatic carbocycles. The molecule has 0 spiro atoms. The van der Waals surface area contributed by atoms with Crippen LogP contribution in [-0.4, -0.2) is 67.1 Å². The molecule has 4 heterocycles. The Morgan fingerprint density at radius 1 is 1.17 bits per heavy atom. The van der Waals surface area contributed by atoms with Crippen molar-refractivity contribution in [2.45, 2.75) is 58.9 Å². The lowest BCUT2D eigenvalue weighted by molar-refractivity contribution is 0.283. The van der Waals surface area contributed by atoms with Gasteiger partial charge in [-0.2, -0.15) is 15.3 Å². The van der Waals surface area contributed by atoms with Crippen molar-refractivity contribution in [3.05, 3.63) is 70.4 Å². The molecule has 3 aromatic heterocycles. The minimum Gasteiger partial charge on any atom is -0.355 e. The number of nitriles is 1. The molecule has 1 aliphatic heterocycles. The van der Waals surface area contributed by atoms with Gasteiger partial charge < -0.3 is 14.3 Å². The largest absolute Gasteiger partial charge is 0.355 e. The minimum absolute atomic E-state index is 0.118. The number of benzene rings is 1. The molecule has 1 aliphatic rings. The van der Waals surface area contributed by atoms with Crippen molar-refractivity contribution in [3.63, 3.8) is 0 Å². The van der Waals surface area contributed by atoms with Gasteiger partial charge in [0.15, 0.2) is 5.82 Å². The van der Waals surface area contributed by atoms with Crippen LogP contribution >= 0.6 is 0 Å². The summed E-state index contributed by atoms with van der Waals surface area (Å²) >= 11 is 0. The Hall–Kier alpha value is -4.37. The molecule has 0 amide bonds. The Balaban J connectivity index is 1.29. The zero-order chi connectivity index (χ0) is 29.8. The molecule has 0 radical (unpaired) electrons. The Morgan fingerprint density at radius 3 is 2.57 bits per heavy atom. The zero-order valence-corrected chi connectivity index (χ0v) is 24.5. The summed E-state index contributed by atoms with van der Waals surface area (Å²) < 4.78 is 23.2. The SMILES string of the molecule is CCN(CC)CCn1ncn(-c2ccc(-c3cnc(N4CCC(c5noc(C(C)C)n5)CC4)c(C#N)c3)cc2F)c1=O. The highest BCUT2D eigenvalue weighted by atomic mass is 19.1. The van der Waals surface area contributed by atoms with Gasteiger partial charge in [-0.3, -0.25) is 0 Å². The standard InChI is InChI=1S/C30H36FN9O2/c1-5-37(6-2)13-14-40-30(41)39(19-34-40)26-8-7-22(16-25(26)31)24-15-23(17-32)28(33-18-24)38-11-9-21(10-12-38)27-35-29(20(3)4)42-36-27/h7-8,15-16,18-21H,5-6,9-14H2,1-4H3. The fourth-order valence-corrected chi connectivity index (χ4v) is 5.26. The molecule has 1 fully saturated rings. The maximum Gasteiger partial charge on any atom is 0.350 e. The molecule has 0 saturated carbocycles. The van der Waals surface area contributed by atoms with E-state index in [1.54, 1.807) is 24.4 Å². The molecule has 4 aromatic rings. The van der Waals surface area contributed by atoms with Gasteiger partial charge in [-0.05, 0) is 49.7 Å². The number of hydrogen-bond donors (Lipinski definition) is 0. The van der Waals surface area contributed by atoms with Crippen LogP contribution in [0.3, 0.4) is 0 Å². The smallest absolute Gasteiger partial charge is 0.350 e. The summed E-state index contributed by atoms with van der Waals surface area (Å²) in [6, 6.07) is 8.61. The van der Waals surface area contributed by atoms with E-state index in [-0.39, 0.29) is 17.5 Å². The number of rotatable bonds is 10. The predicted octanol–water partition coefficient (Wildman–Crippen LogP) is 4.34. The van der Waals surface area contributed by atoms with Crippen LogP contribution in [0, 0.1) is 17.1 Å². The maximum atomic E-state index is 15.3. The second kappa shape index (κ2) is 12.7. The lowest BCUT2D eigenvalue weighted by Crippen LogP contribution is -2.34. The van der Waals surface area contributed by atoms with Crippen LogP contribution in [0.5, 0.6) is 0 Å². The van der Waals surface area contributed by atoms with Crippen LogP contribution in [0.1, 0.15) is 69.7 Å². The van der Waals surface area contributed by atoms with E-state index < -0.39 is 11.5 Å². The Morgan fingerprint density at radius 2 is 1.93 bits per heavy atom. The first kappa shape index (κ1) is 29.1. The third kappa shape index (κ3) is 5.97. The first-order valence-electron chi connectivity index (χ1n) is 14.5. The number of piperidine rings is 1. The minimum atomic E-state index is -0.565. The average molecular weight is 574 g/mol. The quantitative estimate of drug-likeness (QED) is 0.273. The Kier molecular flexibility index (Phi) is 8.77. The number of aromatic nitrogens is 6. The van der Waals surface area contributed by atoms with E-state index in [2.05, 4.69) is 49.9 Å². The average Bonchev–Trinajstić information content (AvgIpc) is 3.65. The van der Waals surface area contributed by atoms with Crippen molar-refractivity contribution in [1.82, 2.24) is 34.4 Å². The molecular formula is C30H36FN9O2. The van der Waals surface area contributed by atoms with Crippen LogP contribution in [0.2, 0.25) is 0 Å². The molecule has 11 nitrogen and oxygen atoms in total. The maximum absolute atomic E-state index is 15.3. The van der Waals surface area contributed by atoms with Crippen molar-refractivity contribution in [2.75, 3.05) is 37.6 Å². The predicted molar refractivity (Wildman–Crippen MR) is 156 cm³/mol. The second-order valence-corrected chi connectivity index (χ2v) is 10.8. The van der Waals surface area contributed by atoms with E-state index in [1.165, 1.54) is 21.6 Å². The van der Waals surface area contributed by atoms with Crippen molar-refractivity contribution >= 4 is 5.82 Å². The molecule has 0 aliphatic carbocycles. The molecule has 12 heteroatoms. The molecule has 0 N–H and O–H groups in total. The first-order valence-corrected chi connectivity index (χ1v) is 14.5. The van der Waals surface area contributed by atoms with Gasteiger partial charge in [0.1, 0.15) is 24.0 Å². The van der Waals surface area contributed by atoms with Gasteiger partial charge in [-0.15, -0.1) is 0 Å². The summed E-state index contributed by atoms with van der Waals surface area (Å²) in [5, 5.41) is 18.3. The van der Waals surface area contributed by atoms with Crippen molar-refractivity contribution < 1.29 is 8.91 Å². The van der Waals surface area contributed by atoms with Crippen molar-refractivity contribution in [2.24, 2.45) is 0 Å². The summed E-state index contributed by atoms with van der Waals surface area (Å²) in [4.78, 5) is 26.3. The topological polar surface area (TPSA) is 122 Å². The normalized spacial score (nSPS) is 14.2. The van der Waals surface area contributed by atoms with Crippen LogP contribution in [0.15, 0.2) is 46.1 Å². The third-order valence-corrected chi connectivity index (χ3v) is 7.89. The van der Waals surface area contributed by atoms with Gasteiger partial charge in [0.25, 0.3) is 0 Å². The summed E-state index contributed by atoms with van der Waals surface area (Å²) in [6.07, 6.45) is 4.65. The number of halogens is 1. The zero-order valence-electron chi connectivity index (χ0n) is 24.5. The molecule has 0 atom stereocenters. The fraction of sp³-hybridized carbons (Fsp3) is 0.467. The fourth-order valence-electron chi connectivity index (χ4n) is 5.26. The molecular weight excluding hydrogens is 537 g/mol. The summed E-state index contributed by atoms with van der Waals surface area (Å²) in [6.45, 7) is 12.5. The Bertz CT molecular complexity index is 1620. The number of likely N-dealkylation sites (N-methyl/N-ethyl adjacent to an activating group) is 1. The summed E-state index contributed by atoms with van der Waals surface area (Å²) in [7, 11) is 0. The van der Waals surface area contributed by atoms with Crippen LogP contribution < -0.4 is 10.6 Å². The van der Waals surface area contributed by atoms with E-state index in [9.17, 15) is 10.1 Å². The molecule has 0 bridgehead atoms. The highest BCUT2D eigenvalue weighted by molar-refractivity contribution is 5.69. The number of pyridine rings is 1. The van der Waals surface area contributed by atoms with Gasteiger partial charge in [0, 0.05) is 43.2 Å².